The highest BCUT2D eigenvalue weighted by molar-refractivity contribution is 6.28. The van der Waals surface area contributed by atoms with Gasteiger partial charge in [0.25, 0.3) is 0 Å². The van der Waals surface area contributed by atoms with Crippen LogP contribution in [-0.2, 0) is 14.3 Å². The molecule has 1 unspecified atom stereocenters. The summed E-state index contributed by atoms with van der Waals surface area (Å²) in [7, 11) is 0. The number of aliphatic hydroxyl groups is 1. The fraction of sp³-hybridized carbons (Fsp3) is 0.200. The zero-order chi connectivity index (χ0) is 8.15. The van der Waals surface area contributed by atoms with Gasteiger partial charge in [-0.1, -0.05) is 6.58 Å². The van der Waals surface area contributed by atoms with Crippen molar-refractivity contribution in [2.45, 2.75) is 6.29 Å². The number of aliphatic carboxylic acids is 1. The van der Waals surface area contributed by atoms with Gasteiger partial charge in [0, 0.05) is 0 Å². The molecule has 2 N–H and O–H groups in total. The highest BCUT2D eigenvalue weighted by atomic mass is 16.6. The van der Waals surface area contributed by atoms with E-state index in [0.29, 0.717) is 0 Å². The van der Waals surface area contributed by atoms with E-state index in [1.54, 1.807) is 0 Å². The third kappa shape index (κ3) is 2.83. The number of carboxylic acid groups (broad SMARTS) is 1. The number of carbonyl (C=O) groups excluding carboxylic acids is 1. The molecule has 0 heterocycles. The molecule has 5 heteroatoms. The second-order valence-electron chi connectivity index (χ2n) is 1.34. The van der Waals surface area contributed by atoms with E-state index >= 15 is 0 Å². The van der Waals surface area contributed by atoms with Crippen molar-refractivity contribution in [2.24, 2.45) is 0 Å². The summed E-state index contributed by atoms with van der Waals surface area (Å²) >= 11 is 0. The smallest absolute Gasteiger partial charge is 0.419 e. The van der Waals surface area contributed by atoms with Crippen LogP contribution in [0.2, 0.25) is 0 Å². The minimum Gasteiger partial charge on any atom is -0.473 e. The van der Waals surface area contributed by atoms with E-state index in [1.807, 2.05) is 0 Å². The Labute approximate surface area is 56.5 Å². The average molecular weight is 146 g/mol. The maximum atomic E-state index is 10.1. The zero-order valence-corrected chi connectivity index (χ0v) is 4.98. The Morgan fingerprint density at radius 3 is 2.40 bits per heavy atom. The molecule has 0 aromatic carbocycles. The van der Waals surface area contributed by atoms with Gasteiger partial charge in [0.2, 0.25) is 6.29 Å². The second-order valence-corrected chi connectivity index (χ2v) is 1.34. The van der Waals surface area contributed by atoms with Gasteiger partial charge in [0.1, 0.15) is 0 Å². The van der Waals surface area contributed by atoms with Crippen molar-refractivity contribution >= 4 is 11.9 Å². The predicted octanol–water partition coefficient (Wildman–Crippen LogP) is -0.881. The van der Waals surface area contributed by atoms with Gasteiger partial charge in [-0.25, -0.2) is 9.59 Å². The first-order valence-corrected chi connectivity index (χ1v) is 2.32. The van der Waals surface area contributed by atoms with E-state index < -0.39 is 18.2 Å². The number of ether oxygens (including phenoxy) is 1. The molecule has 0 aromatic rings. The van der Waals surface area contributed by atoms with Crippen LogP contribution in [0.15, 0.2) is 12.7 Å². The van der Waals surface area contributed by atoms with Gasteiger partial charge in [-0.2, -0.15) is 0 Å². The Bertz CT molecular complexity index is 161. The SMILES string of the molecule is C=CC(O)OC(=O)C(=O)O. The van der Waals surface area contributed by atoms with Crippen molar-refractivity contribution in [3.05, 3.63) is 12.7 Å². The standard InChI is InChI=1S/C5H6O5/c1-2-3(6)10-5(9)4(7)8/h2-3,6H,1H2,(H,7,8). The lowest BCUT2D eigenvalue weighted by atomic mass is 10.6. The summed E-state index contributed by atoms with van der Waals surface area (Å²) in [6.45, 7) is 3.05. The summed E-state index contributed by atoms with van der Waals surface area (Å²) < 4.78 is 3.86. The van der Waals surface area contributed by atoms with Gasteiger partial charge in [0.15, 0.2) is 0 Å². The molecule has 0 amide bonds. The number of carboxylic acids is 1. The molecular weight excluding hydrogens is 140 g/mol. The molecule has 0 rings (SSSR count). The van der Waals surface area contributed by atoms with Crippen LogP contribution in [0, 0.1) is 0 Å². The number of esters is 1. The van der Waals surface area contributed by atoms with E-state index in [9.17, 15) is 9.59 Å². The lowest BCUT2D eigenvalue weighted by molar-refractivity contribution is -0.175. The van der Waals surface area contributed by atoms with Crippen LogP contribution in [0.5, 0.6) is 0 Å². The Morgan fingerprint density at radius 2 is 2.10 bits per heavy atom. The van der Waals surface area contributed by atoms with Crippen molar-refractivity contribution in [3.63, 3.8) is 0 Å². The van der Waals surface area contributed by atoms with Crippen LogP contribution < -0.4 is 0 Å². The molecule has 0 aliphatic rings. The van der Waals surface area contributed by atoms with Crippen LogP contribution in [-0.4, -0.2) is 28.4 Å². The highest BCUT2D eigenvalue weighted by Crippen LogP contribution is 1.87. The van der Waals surface area contributed by atoms with Crippen molar-refractivity contribution in [1.29, 1.82) is 0 Å². The molecule has 0 fully saturated rings. The van der Waals surface area contributed by atoms with Gasteiger partial charge in [-0.15, -0.1) is 0 Å². The van der Waals surface area contributed by atoms with E-state index in [4.69, 9.17) is 10.2 Å². The number of hydrogen-bond acceptors (Lipinski definition) is 4. The monoisotopic (exact) mass is 146 g/mol. The first-order valence-electron chi connectivity index (χ1n) is 2.32. The minimum absolute atomic E-state index is 0.890. The lowest BCUT2D eigenvalue weighted by Crippen LogP contribution is -2.22. The van der Waals surface area contributed by atoms with Gasteiger partial charge in [-0.3, -0.25) is 0 Å². The molecule has 0 saturated carbocycles. The van der Waals surface area contributed by atoms with Gasteiger partial charge < -0.3 is 14.9 Å². The molecule has 0 spiro atoms. The summed E-state index contributed by atoms with van der Waals surface area (Å²) in [5.74, 6) is -3.26. The molecule has 5 nitrogen and oxygen atoms in total. The molecule has 0 aliphatic heterocycles. The molecule has 0 aliphatic carbocycles. The molecule has 0 radical (unpaired) electrons. The maximum Gasteiger partial charge on any atom is 0.419 e. The van der Waals surface area contributed by atoms with E-state index in [-0.39, 0.29) is 0 Å². The van der Waals surface area contributed by atoms with Gasteiger partial charge in [0.05, 0.1) is 0 Å². The summed E-state index contributed by atoms with van der Waals surface area (Å²) in [5, 5.41) is 16.4. The van der Waals surface area contributed by atoms with Crippen LogP contribution in [0.3, 0.4) is 0 Å². The van der Waals surface area contributed by atoms with E-state index in [1.165, 1.54) is 0 Å². The Hall–Kier alpha value is -1.36. The summed E-state index contributed by atoms with van der Waals surface area (Å²) in [5.41, 5.74) is 0. The van der Waals surface area contributed by atoms with Crippen molar-refractivity contribution < 1.29 is 24.5 Å². The van der Waals surface area contributed by atoms with Crippen LogP contribution in [0.25, 0.3) is 0 Å². The molecule has 0 bridgehead atoms. The summed E-state index contributed by atoms with van der Waals surface area (Å²) in [6, 6.07) is 0. The number of aliphatic hydroxyl groups excluding tert-OH is 1. The van der Waals surface area contributed by atoms with Crippen molar-refractivity contribution in [3.8, 4) is 0 Å². The maximum absolute atomic E-state index is 10.1. The first-order chi connectivity index (χ1) is 4.57. The molecule has 10 heavy (non-hydrogen) atoms. The quantitative estimate of drug-likeness (QED) is 0.229. The number of hydrogen-bond donors (Lipinski definition) is 2. The highest BCUT2D eigenvalue weighted by Gasteiger charge is 2.15. The zero-order valence-electron chi connectivity index (χ0n) is 4.98. The number of rotatable bonds is 2. The summed E-state index contributed by atoms with van der Waals surface area (Å²) in [4.78, 5) is 19.8. The molecule has 1 atom stereocenters. The van der Waals surface area contributed by atoms with Crippen LogP contribution in [0.4, 0.5) is 0 Å². The Balaban J connectivity index is 3.79. The topological polar surface area (TPSA) is 83.8 Å². The third-order valence-electron chi connectivity index (χ3n) is 0.604. The molecular formula is C5H6O5. The first kappa shape index (κ1) is 8.64. The van der Waals surface area contributed by atoms with Gasteiger partial charge in [-0.05, 0) is 6.08 Å². The minimum atomic E-state index is -1.75. The third-order valence-corrected chi connectivity index (χ3v) is 0.604. The fourth-order valence-electron chi connectivity index (χ4n) is 0.208. The fourth-order valence-corrected chi connectivity index (χ4v) is 0.208. The van der Waals surface area contributed by atoms with Crippen LogP contribution >= 0.6 is 0 Å². The largest absolute Gasteiger partial charge is 0.473 e. The average Bonchev–Trinajstić information content (AvgIpc) is 1.87. The summed E-state index contributed by atoms with van der Waals surface area (Å²) in [6.07, 6.45) is -0.662. The van der Waals surface area contributed by atoms with Crippen molar-refractivity contribution in [1.82, 2.24) is 0 Å². The Morgan fingerprint density at radius 1 is 1.60 bits per heavy atom. The second kappa shape index (κ2) is 3.62. The van der Waals surface area contributed by atoms with Crippen LogP contribution in [0.1, 0.15) is 0 Å². The number of carbonyl (C=O) groups is 2. The van der Waals surface area contributed by atoms with Gasteiger partial charge >= 0.3 is 11.9 Å². The lowest BCUT2D eigenvalue weighted by Gasteiger charge is -2.02. The van der Waals surface area contributed by atoms with E-state index in [2.05, 4.69) is 11.3 Å². The molecule has 0 saturated heterocycles. The molecule has 0 aromatic heterocycles. The van der Waals surface area contributed by atoms with Crippen molar-refractivity contribution in [2.75, 3.05) is 0 Å². The van der Waals surface area contributed by atoms with E-state index in [0.717, 1.165) is 6.08 Å². The normalized spacial score (nSPS) is 11.7. The predicted molar refractivity (Wildman–Crippen MR) is 29.9 cm³/mol. The Kier molecular flexibility index (Phi) is 3.13. The molecule has 56 valence electrons.